The van der Waals surface area contributed by atoms with E-state index < -0.39 is 15.8 Å². The molecule has 0 spiro atoms. The van der Waals surface area contributed by atoms with Crippen molar-refractivity contribution >= 4 is 34.0 Å². The summed E-state index contributed by atoms with van der Waals surface area (Å²) < 4.78 is 40.0. The molecule has 1 aliphatic rings. The van der Waals surface area contributed by atoms with Gasteiger partial charge in [-0.2, -0.15) is 4.31 Å². The van der Waals surface area contributed by atoms with Crippen LogP contribution < -0.4 is 5.73 Å². The first-order chi connectivity index (χ1) is 12.8. The van der Waals surface area contributed by atoms with E-state index in [1.807, 2.05) is 6.92 Å². The van der Waals surface area contributed by atoms with Crippen LogP contribution in [0, 0.1) is 12.7 Å². The van der Waals surface area contributed by atoms with Crippen molar-refractivity contribution in [2.45, 2.75) is 18.2 Å². The van der Waals surface area contributed by atoms with Crippen LogP contribution in [0.3, 0.4) is 0 Å². The van der Waals surface area contributed by atoms with Crippen molar-refractivity contribution in [1.82, 2.24) is 9.21 Å². The Morgan fingerprint density at radius 2 is 1.71 bits per heavy atom. The molecule has 1 heterocycles. The summed E-state index contributed by atoms with van der Waals surface area (Å²) in [5.74, 6) is -0.639. The van der Waals surface area contributed by atoms with Crippen molar-refractivity contribution in [3.8, 4) is 0 Å². The fourth-order valence-corrected chi connectivity index (χ4v) is 4.60. The van der Waals surface area contributed by atoms with Gasteiger partial charge in [-0.25, -0.2) is 12.8 Å². The fraction of sp³-hybridized carbons (Fsp3) is 0.316. The number of anilines is 1. The number of carbonyl (C=O) groups excluding carboxylic acids is 1. The topological polar surface area (TPSA) is 83.7 Å². The molecule has 0 unspecified atom stereocenters. The zero-order valence-electron chi connectivity index (χ0n) is 15.5. The minimum atomic E-state index is -3.72. The Hall–Kier alpha value is -2.16. The lowest BCUT2D eigenvalue weighted by Gasteiger charge is -2.22. The van der Waals surface area contributed by atoms with Gasteiger partial charge < -0.3 is 10.6 Å². The highest BCUT2D eigenvalue weighted by Gasteiger charge is 2.29. The monoisotopic (exact) mass is 427 g/mol. The van der Waals surface area contributed by atoms with E-state index in [4.69, 9.17) is 5.73 Å². The second-order valence-electron chi connectivity index (χ2n) is 6.58. The van der Waals surface area contributed by atoms with E-state index in [1.54, 1.807) is 23.1 Å². The molecule has 1 fully saturated rings. The number of hydrogen-bond donors (Lipinski definition) is 1. The minimum absolute atomic E-state index is 0. The number of aryl methyl sites for hydroxylation is 1. The maximum absolute atomic E-state index is 13.1. The maximum atomic E-state index is 13.1. The molecule has 3 rings (SSSR count). The number of nitrogens with two attached hydrogens (primary N) is 1. The van der Waals surface area contributed by atoms with E-state index in [0.29, 0.717) is 30.8 Å². The fourth-order valence-electron chi connectivity index (χ4n) is 3.13. The van der Waals surface area contributed by atoms with Crippen molar-refractivity contribution in [2.75, 3.05) is 31.9 Å². The molecule has 1 aliphatic heterocycles. The molecule has 2 N–H and O–H groups in total. The van der Waals surface area contributed by atoms with Crippen LogP contribution >= 0.6 is 12.4 Å². The Bertz CT molecular complexity index is 951. The summed E-state index contributed by atoms with van der Waals surface area (Å²) in [6, 6.07) is 9.96. The van der Waals surface area contributed by atoms with Crippen molar-refractivity contribution in [3.05, 3.63) is 59.4 Å². The second kappa shape index (κ2) is 8.89. The normalized spacial score (nSPS) is 15.6. The molecule has 0 radical (unpaired) electrons. The number of halogens is 2. The summed E-state index contributed by atoms with van der Waals surface area (Å²) in [4.78, 5) is 14.6. The van der Waals surface area contributed by atoms with Gasteiger partial charge in [-0.05, 0) is 55.3 Å². The standard InChI is InChI=1S/C19H22FN3O3S.ClH/c1-14-3-6-16(21)13-18(14)19(24)22-9-2-10-23(12-11-22)27(25,26)17-7-4-15(20)5-8-17;/h3-8,13H,2,9-12,21H2,1H3;1H. The SMILES string of the molecule is Cc1ccc(N)cc1C(=O)N1CCCN(S(=O)(=O)c2ccc(F)cc2)CC1.Cl. The number of sulfonamides is 1. The van der Waals surface area contributed by atoms with Crippen LogP contribution in [0.2, 0.25) is 0 Å². The number of rotatable bonds is 3. The van der Waals surface area contributed by atoms with E-state index in [1.165, 1.54) is 16.4 Å². The predicted octanol–water partition coefficient (Wildman–Crippen LogP) is 2.67. The van der Waals surface area contributed by atoms with Crippen molar-refractivity contribution in [3.63, 3.8) is 0 Å². The van der Waals surface area contributed by atoms with Gasteiger partial charge in [-0.3, -0.25) is 4.79 Å². The number of nitrogens with zero attached hydrogens (tertiary/aromatic N) is 2. The molecule has 0 bridgehead atoms. The third kappa shape index (κ3) is 4.63. The second-order valence-corrected chi connectivity index (χ2v) is 8.52. The van der Waals surface area contributed by atoms with Crippen LogP contribution in [-0.2, 0) is 10.0 Å². The first-order valence-corrected chi connectivity index (χ1v) is 10.1. The lowest BCUT2D eigenvalue weighted by Crippen LogP contribution is -2.37. The molecule has 152 valence electrons. The first kappa shape index (κ1) is 22.1. The van der Waals surface area contributed by atoms with Gasteiger partial charge in [0.2, 0.25) is 10.0 Å². The smallest absolute Gasteiger partial charge is 0.254 e. The molecule has 6 nitrogen and oxygen atoms in total. The molecule has 2 aromatic carbocycles. The average Bonchev–Trinajstić information content (AvgIpc) is 2.90. The van der Waals surface area contributed by atoms with Crippen LogP contribution in [-0.4, -0.2) is 49.7 Å². The maximum Gasteiger partial charge on any atom is 0.254 e. The molecular weight excluding hydrogens is 405 g/mol. The molecule has 0 saturated carbocycles. The Morgan fingerprint density at radius 3 is 2.39 bits per heavy atom. The van der Waals surface area contributed by atoms with Crippen molar-refractivity contribution in [1.29, 1.82) is 0 Å². The Kier molecular flexibility index (Phi) is 7.03. The van der Waals surface area contributed by atoms with Crippen LogP contribution in [0.4, 0.5) is 10.1 Å². The van der Waals surface area contributed by atoms with E-state index in [9.17, 15) is 17.6 Å². The highest BCUT2D eigenvalue weighted by atomic mass is 35.5. The van der Waals surface area contributed by atoms with Crippen molar-refractivity contribution in [2.24, 2.45) is 0 Å². The van der Waals surface area contributed by atoms with Crippen LogP contribution in [0.25, 0.3) is 0 Å². The van der Waals surface area contributed by atoms with Gasteiger partial charge in [0.25, 0.3) is 5.91 Å². The minimum Gasteiger partial charge on any atom is -0.399 e. The summed E-state index contributed by atoms with van der Waals surface area (Å²) in [5.41, 5.74) is 7.67. The molecule has 0 atom stereocenters. The lowest BCUT2D eigenvalue weighted by molar-refractivity contribution is 0.0763. The Labute approximate surface area is 170 Å². The molecule has 2 aromatic rings. The summed E-state index contributed by atoms with van der Waals surface area (Å²) in [7, 11) is -3.72. The highest BCUT2D eigenvalue weighted by molar-refractivity contribution is 7.89. The predicted molar refractivity (Wildman–Crippen MR) is 109 cm³/mol. The van der Waals surface area contributed by atoms with Crippen LogP contribution in [0.15, 0.2) is 47.4 Å². The van der Waals surface area contributed by atoms with Gasteiger partial charge in [-0.1, -0.05) is 6.07 Å². The van der Waals surface area contributed by atoms with Gasteiger partial charge >= 0.3 is 0 Å². The summed E-state index contributed by atoms with van der Waals surface area (Å²) in [5, 5.41) is 0. The first-order valence-electron chi connectivity index (χ1n) is 8.70. The molecular formula is C19H23ClFN3O3S. The zero-order valence-corrected chi connectivity index (χ0v) is 17.1. The largest absolute Gasteiger partial charge is 0.399 e. The molecule has 28 heavy (non-hydrogen) atoms. The number of amides is 1. The summed E-state index contributed by atoms with van der Waals surface area (Å²) in [6.07, 6.45) is 0.521. The molecule has 0 aromatic heterocycles. The third-order valence-electron chi connectivity index (χ3n) is 4.69. The molecule has 1 amide bonds. The van der Waals surface area contributed by atoms with Gasteiger partial charge in [0.15, 0.2) is 0 Å². The molecule has 9 heteroatoms. The quantitative estimate of drug-likeness (QED) is 0.763. The number of hydrogen-bond acceptors (Lipinski definition) is 4. The van der Waals surface area contributed by atoms with Gasteiger partial charge in [0.1, 0.15) is 5.82 Å². The highest BCUT2D eigenvalue weighted by Crippen LogP contribution is 2.20. The Morgan fingerprint density at radius 1 is 1.04 bits per heavy atom. The molecule has 0 aliphatic carbocycles. The zero-order chi connectivity index (χ0) is 19.6. The summed E-state index contributed by atoms with van der Waals surface area (Å²) >= 11 is 0. The summed E-state index contributed by atoms with van der Waals surface area (Å²) in [6.45, 7) is 3.08. The van der Waals surface area contributed by atoms with E-state index in [-0.39, 0.29) is 36.3 Å². The average molecular weight is 428 g/mol. The number of benzene rings is 2. The Balaban J connectivity index is 0.00000280. The van der Waals surface area contributed by atoms with E-state index in [0.717, 1.165) is 17.7 Å². The van der Waals surface area contributed by atoms with Gasteiger partial charge in [0, 0.05) is 37.4 Å². The van der Waals surface area contributed by atoms with Gasteiger partial charge in [-0.15, -0.1) is 12.4 Å². The van der Waals surface area contributed by atoms with Crippen LogP contribution in [0.1, 0.15) is 22.3 Å². The molecule has 1 saturated heterocycles. The number of nitrogen functional groups attached to an aromatic ring is 1. The number of carbonyl (C=O) groups is 1. The van der Waals surface area contributed by atoms with E-state index >= 15 is 0 Å². The van der Waals surface area contributed by atoms with Crippen LogP contribution in [0.5, 0.6) is 0 Å². The van der Waals surface area contributed by atoms with Crippen molar-refractivity contribution < 1.29 is 17.6 Å². The van der Waals surface area contributed by atoms with E-state index in [2.05, 4.69) is 0 Å². The third-order valence-corrected chi connectivity index (χ3v) is 6.60. The van der Waals surface area contributed by atoms with Gasteiger partial charge in [0.05, 0.1) is 4.90 Å². The lowest BCUT2D eigenvalue weighted by atomic mass is 10.1.